The van der Waals surface area contributed by atoms with Crippen LogP contribution in [0.1, 0.15) is 42.4 Å². The second-order valence-electron chi connectivity index (χ2n) is 8.39. The van der Waals surface area contributed by atoms with Gasteiger partial charge in [0.25, 0.3) is 0 Å². The van der Waals surface area contributed by atoms with Crippen molar-refractivity contribution in [1.82, 2.24) is 14.6 Å². The third-order valence-electron chi connectivity index (χ3n) is 5.21. The summed E-state index contributed by atoms with van der Waals surface area (Å²) in [5.74, 6) is 0.0653. The van der Waals surface area contributed by atoms with Crippen LogP contribution in [0.4, 0.5) is 0 Å². The van der Waals surface area contributed by atoms with Gasteiger partial charge in [0.2, 0.25) is 0 Å². The lowest BCUT2D eigenvalue weighted by Gasteiger charge is -2.19. The number of hydrogen-bond acceptors (Lipinski definition) is 4. The predicted molar refractivity (Wildman–Crippen MR) is 123 cm³/mol. The SMILES string of the molecule is CSc1ccc(-c2cc(CC(=O)c3ccc(C(C)(C)C)cc3)nc3ccnn23)cc1. The minimum Gasteiger partial charge on any atom is -0.294 e. The van der Waals surface area contributed by atoms with E-state index in [0.717, 1.165) is 22.6 Å². The molecule has 2 heterocycles. The maximum Gasteiger partial charge on any atom is 0.168 e. The number of hydrogen-bond donors (Lipinski definition) is 0. The number of fused-ring (bicyclic) bond motifs is 1. The molecule has 0 radical (unpaired) electrons. The number of aromatic nitrogens is 3. The van der Waals surface area contributed by atoms with Gasteiger partial charge in [-0.05, 0) is 35.4 Å². The van der Waals surface area contributed by atoms with Gasteiger partial charge in [-0.2, -0.15) is 5.10 Å². The van der Waals surface area contributed by atoms with Crippen molar-refractivity contribution in [2.75, 3.05) is 6.26 Å². The Kier molecular flexibility index (Phi) is 5.48. The van der Waals surface area contributed by atoms with Gasteiger partial charge in [0.15, 0.2) is 11.4 Å². The number of ketones is 1. The molecule has 30 heavy (non-hydrogen) atoms. The third-order valence-corrected chi connectivity index (χ3v) is 5.96. The van der Waals surface area contributed by atoms with Crippen molar-refractivity contribution in [1.29, 1.82) is 0 Å². The van der Waals surface area contributed by atoms with Crippen LogP contribution in [0.25, 0.3) is 16.9 Å². The summed E-state index contributed by atoms with van der Waals surface area (Å²) >= 11 is 1.71. The highest BCUT2D eigenvalue weighted by molar-refractivity contribution is 7.98. The van der Waals surface area contributed by atoms with E-state index in [1.807, 2.05) is 40.9 Å². The number of nitrogens with zero attached hydrogens (tertiary/aromatic N) is 3. The molecule has 0 aliphatic heterocycles. The van der Waals surface area contributed by atoms with Gasteiger partial charge in [0.1, 0.15) is 0 Å². The Morgan fingerprint density at radius 3 is 2.33 bits per heavy atom. The van der Waals surface area contributed by atoms with E-state index < -0.39 is 0 Å². The second-order valence-corrected chi connectivity index (χ2v) is 9.27. The molecule has 0 atom stereocenters. The topological polar surface area (TPSA) is 47.3 Å². The molecule has 2 aromatic heterocycles. The molecule has 0 aliphatic carbocycles. The lowest BCUT2D eigenvalue weighted by molar-refractivity contribution is 0.0992. The van der Waals surface area contributed by atoms with E-state index in [0.29, 0.717) is 5.56 Å². The minimum absolute atomic E-state index is 0.0653. The van der Waals surface area contributed by atoms with Gasteiger partial charge in [0.05, 0.1) is 24.0 Å². The molecule has 0 fully saturated rings. The quantitative estimate of drug-likeness (QED) is 0.303. The number of thioether (sulfide) groups is 1. The highest BCUT2D eigenvalue weighted by Crippen LogP contribution is 2.25. The van der Waals surface area contributed by atoms with E-state index in [9.17, 15) is 4.79 Å². The number of carbonyl (C=O) groups excluding carboxylic acids is 1. The average Bonchev–Trinajstić information content (AvgIpc) is 3.21. The number of carbonyl (C=O) groups is 1. The fraction of sp³-hybridized carbons (Fsp3) is 0.240. The molecule has 0 aliphatic rings. The summed E-state index contributed by atoms with van der Waals surface area (Å²) in [6, 6.07) is 20.1. The Labute approximate surface area is 181 Å². The summed E-state index contributed by atoms with van der Waals surface area (Å²) in [7, 11) is 0. The molecule has 0 saturated heterocycles. The van der Waals surface area contributed by atoms with Crippen LogP contribution in [0.2, 0.25) is 0 Å². The second kappa shape index (κ2) is 8.07. The van der Waals surface area contributed by atoms with E-state index in [2.05, 4.69) is 61.4 Å². The van der Waals surface area contributed by atoms with Crippen LogP contribution in [0.15, 0.2) is 71.8 Å². The first-order valence-electron chi connectivity index (χ1n) is 9.97. The maximum absolute atomic E-state index is 12.9. The highest BCUT2D eigenvalue weighted by Gasteiger charge is 2.16. The van der Waals surface area contributed by atoms with Crippen LogP contribution >= 0.6 is 11.8 Å². The average molecular weight is 416 g/mol. The van der Waals surface area contributed by atoms with E-state index >= 15 is 0 Å². The lowest BCUT2D eigenvalue weighted by atomic mass is 9.86. The zero-order valence-electron chi connectivity index (χ0n) is 17.7. The third kappa shape index (κ3) is 4.17. The van der Waals surface area contributed by atoms with E-state index in [4.69, 9.17) is 0 Å². The van der Waals surface area contributed by atoms with Crippen LogP contribution in [0.5, 0.6) is 0 Å². The highest BCUT2D eigenvalue weighted by atomic mass is 32.2. The number of rotatable bonds is 5. The van der Waals surface area contributed by atoms with Crippen molar-refractivity contribution in [3.05, 3.63) is 83.7 Å². The molecular weight excluding hydrogens is 390 g/mol. The van der Waals surface area contributed by atoms with Gasteiger partial charge in [-0.25, -0.2) is 9.50 Å². The van der Waals surface area contributed by atoms with Gasteiger partial charge in [-0.15, -0.1) is 11.8 Å². The van der Waals surface area contributed by atoms with Gasteiger partial charge in [0, 0.05) is 22.1 Å². The molecule has 4 aromatic rings. The van der Waals surface area contributed by atoms with Crippen molar-refractivity contribution in [2.24, 2.45) is 0 Å². The van der Waals surface area contributed by atoms with Crippen molar-refractivity contribution < 1.29 is 4.79 Å². The van der Waals surface area contributed by atoms with Gasteiger partial charge in [-0.1, -0.05) is 57.2 Å². The Balaban J connectivity index is 1.65. The van der Waals surface area contributed by atoms with Crippen molar-refractivity contribution in [3.8, 4) is 11.3 Å². The summed E-state index contributed by atoms with van der Waals surface area (Å²) in [5.41, 5.74) is 5.47. The minimum atomic E-state index is 0.0653. The van der Waals surface area contributed by atoms with Crippen LogP contribution < -0.4 is 0 Å². The number of Topliss-reactive ketones (excluding diaryl/α,β-unsaturated/α-hetero) is 1. The summed E-state index contributed by atoms with van der Waals surface area (Å²) in [5, 5.41) is 4.41. The molecule has 0 saturated carbocycles. The van der Waals surface area contributed by atoms with Crippen molar-refractivity contribution >= 4 is 23.2 Å². The normalized spacial score (nSPS) is 11.7. The standard InChI is InChI=1S/C25H25N3OS/c1-25(2,3)19-9-5-18(6-10-19)23(29)16-20-15-22(28-24(27-20)13-14-26-28)17-7-11-21(30-4)12-8-17/h5-15H,16H2,1-4H3. The molecule has 4 rings (SSSR count). The van der Waals surface area contributed by atoms with Gasteiger partial charge < -0.3 is 0 Å². The number of benzene rings is 2. The molecule has 0 bridgehead atoms. The van der Waals surface area contributed by atoms with Crippen molar-refractivity contribution in [3.63, 3.8) is 0 Å². The maximum atomic E-state index is 12.9. The zero-order valence-corrected chi connectivity index (χ0v) is 18.5. The van der Waals surface area contributed by atoms with Crippen LogP contribution in [0.3, 0.4) is 0 Å². The summed E-state index contributed by atoms with van der Waals surface area (Å²) in [6.45, 7) is 6.51. The smallest absolute Gasteiger partial charge is 0.168 e. The fourth-order valence-corrected chi connectivity index (χ4v) is 3.85. The largest absolute Gasteiger partial charge is 0.294 e. The Morgan fingerprint density at radius 2 is 1.70 bits per heavy atom. The van der Waals surface area contributed by atoms with E-state index in [1.165, 1.54) is 10.5 Å². The van der Waals surface area contributed by atoms with Gasteiger partial charge in [-0.3, -0.25) is 4.79 Å². The van der Waals surface area contributed by atoms with Crippen LogP contribution in [-0.2, 0) is 11.8 Å². The molecule has 152 valence electrons. The van der Waals surface area contributed by atoms with Crippen molar-refractivity contribution in [2.45, 2.75) is 37.5 Å². The Morgan fingerprint density at radius 1 is 1.00 bits per heavy atom. The summed E-state index contributed by atoms with van der Waals surface area (Å²) in [6.07, 6.45) is 4.05. The molecule has 0 N–H and O–H groups in total. The van der Waals surface area contributed by atoms with Gasteiger partial charge >= 0.3 is 0 Å². The van der Waals surface area contributed by atoms with Crippen LogP contribution in [-0.4, -0.2) is 26.6 Å². The Bertz CT molecular complexity index is 1190. The zero-order chi connectivity index (χ0) is 21.3. The Hall–Kier alpha value is -2.92. The first kappa shape index (κ1) is 20.4. The lowest BCUT2D eigenvalue weighted by Crippen LogP contribution is -2.12. The van der Waals surface area contributed by atoms with Crippen LogP contribution in [0, 0.1) is 0 Å². The fourth-order valence-electron chi connectivity index (χ4n) is 3.45. The summed E-state index contributed by atoms with van der Waals surface area (Å²) < 4.78 is 1.82. The predicted octanol–water partition coefficient (Wildman–Crippen LogP) is 5.84. The molecule has 0 unspecified atom stereocenters. The molecule has 0 amide bonds. The molecule has 5 heteroatoms. The molecule has 0 spiro atoms. The molecular formula is C25H25N3OS. The monoisotopic (exact) mass is 415 g/mol. The molecule has 2 aromatic carbocycles. The summed E-state index contributed by atoms with van der Waals surface area (Å²) in [4.78, 5) is 18.8. The first-order chi connectivity index (χ1) is 14.3. The van der Waals surface area contributed by atoms with E-state index in [1.54, 1.807) is 18.0 Å². The van der Waals surface area contributed by atoms with E-state index in [-0.39, 0.29) is 17.6 Å². The first-order valence-corrected chi connectivity index (χ1v) is 11.2. The molecule has 4 nitrogen and oxygen atoms in total.